The van der Waals surface area contributed by atoms with Gasteiger partial charge in [-0.2, -0.15) is 23.5 Å². The van der Waals surface area contributed by atoms with Crippen molar-refractivity contribution in [2.75, 3.05) is 68.4 Å². The van der Waals surface area contributed by atoms with Crippen LogP contribution in [0.2, 0.25) is 0 Å². The first-order chi connectivity index (χ1) is 12.7. The molecule has 0 bridgehead atoms. The quantitative estimate of drug-likeness (QED) is 0.289. The van der Waals surface area contributed by atoms with Crippen LogP contribution in [0.15, 0.2) is 25.6 Å². The number of ether oxygens (including phenoxy) is 2. The molecule has 0 aliphatic rings. The van der Waals surface area contributed by atoms with Crippen LogP contribution >= 0.6 is 51.7 Å². The van der Waals surface area contributed by atoms with E-state index in [1.165, 1.54) is 0 Å². The maximum Gasteiger partial charge on any atom is 0.197 e. The third-order valence-electron chi connectivity index (χ3n) is 3.57. The molecule has 0 fully saturated rings. The summed E-state index contributed by atoms with van der Waals surface area (Å²) in [6.45, 7) is 3.31. The summed E-state index contributed by atoms with van der Waals surface area (Å²) in [4.78, 5) is 2.24. The predicted molar refractivity (Wildman–Crippen MR) is 118 cm³/mol. The molecular weight excluding hydrogens is 458 g/mol. The summed E-state index contributed by atoms with van der Waals surface area (Å²) in [6, 6.07) is 1.88. The lowest BCUT2D eigenvalue weighted by Crippen LogP contribution is -2.28. The number of furan rings is 1. The van der Waals surface area contributed by atoms with Crippen molar-refractivity contribution in [2.24, 2.45) is 0 Å². The molecule has 146 valence electrons. The van der Waals surface area contributed by atoms with E-state index in [9.17, 15) is 0 Å². The van der Waals surface area contributed by atoms with Crippen molar-refractivity contribution in [2.45, 2.75) is 0 Å². The smallest absolute Gasteiger partial charge is 0.197 e. The number of rotatable bonds is 13. The van der Waals surface area contributed by atoms with Gasteiger partial charge < -0.3 is 23.2 Å². The highest BCUT2D eigenvalue weighted by Crippen LogP contribution is 2.31. The predicted octanol–water partition coefficient (Wildman–Crippen LogP) is 5.08. The van der Waals surface area contributed by atoms with E-state index in [2.05, 4.69) is 20.8 Å². The van der Waals surface area contributed by atoms with Gasteiger partial charge in [0.2, 0.25) is 0 Å². The third kappa shape index (κ3) is 6.76. The van der Waals surface area contributed by atoms with E-state index >= 15 is 0 Å². The van der Waals surface area contributed by atoms with Gasteiger partial charge in [0.25, 0.3) is 0 Å². The van der Waals surface area contributed by atoms with Gasteiger partial charge in [-0.25, -0.2) is 0 Å². The first kappa shape index (κ1) is 22.1. The van der Waals surface area contributed by atoms with Crippen molar-refractivity contribution in [3.8, 4) is 0 Å². The van der Waals surface area contributed by atoms with Crippen molar-refractivity contribution in [3.05, 3.63) is 21.3 Å². The Bertz CT molecular complexity index is 708. The fourth-order valence-electron chi connectivity index (χ4n) is 2.23. The third-order valence-corrected chi connectivity index (χ3v) is 6.28. The van der Waals surface area contributed by atoms with Crippen LogP contribution < -0.4 is 4.90 Å². The number of halogens is 1. The summed E-state index contributed by atoms with van der Waals surface area (Å²) in [5.41, 5.74) is 1.27. The number of fused-ring (bicyclic) bond motifs is 1. The van der Waals surface area contributed by atoms with Gasteiger partial charge in [0.1, 0.15) is 6.26 Å². The van der Waals surface area contributed by atoms with Crippen LogP contribution in [-0.4, -0.2) is 63.5 Å². The van der Waals surface area contributed by atoms with Gasteiger partial charge in [0.15, 0.2) is 17.1 Å². The molecule has 2 aromatic rings. The highest BCUT2D eigenvalue weighted by Gasteiger charge is 2.15. The number of anilines is 1. The zero-order chi connectivity index (χ0) is 18.8. The van der Waals surface area contributed by atoms with Crippen LogP contribution in [0.25, 0.3) is 11.2 Å². The molecule has 0 atom stereocenters. The zero-order valence-corrected chi connectivity index (χ0v) is 19.0. The minimum atomic E-state index is 0.611. The highest BCUT2D eigenvalue weighted by molar-refractivity contribution is 9.10. The number of hydrogen-bond donors (Lipinski definition) is 0. The second kappa shape index (κ2) is 12.3. The molecular formula is C17H24BrNO4S3. The SMILES string of the molecule is COCCSCCN(CCSCCOC)c1cc(=S)c2occ(Br)c2o1. The molecule has 0 aliphatic heterocycles. The Morgan fingerprint density at radius 2 is 1.65 bits per heavy atom. The van der Waals surface area contributed by atoms with Crippen molar-refractivity contribution < 1.29 is 18.3 Å². The van der Waals surface area contributed by atoms with Crippen LogP contribution in [0.5, 0.6) is 0 Å². The van der Waals surface area contributed by atoms with Crippen LogP contribution in [0.1, 0.15) is 0 Å². The lowest BCUT2D eigenvalue weighted by Gasteiger charge is -2.23. The van der Waals surface area contributed by atoms with Gasteiger partial charge in [-0.1, -0.05) is 12.2 Å². The molecule has 0 saturated carbocycles. The molecule has 2 heterocycles. The largest absolute Gasteiger partial charge is 0.458 e. The molecule has 0 spiro atoms. The Balaban J connectivity index is 2.05. The summed E-state index contributed by atoms with van der Waals surface area (Å²) >= 11 is 12.7. The maximum atomic E-state index is 6.08. The molecule has 0 saturated heterocycles. The fourth-order valence-corrected chi connectivity index (χ4v) is 4.50. The molecule has 2 aromatic heterocycles. The molecule has 0 amide bonds. The first-order valence-electron chi connectivity index (χ1n) is 8.26. The molecule has 0 aromatic carbocycles. The Kier molecular flexibility index (Phi) is 10.5. The van der Waals surface area contributed by atoms with Crippen LogP contribution in [-0.2, 0) is 9.47 Å². The average Bonchev–Trinajstić information content (AvgIpc) is 3.01. The first-order valence-corrected chi connectivity index (χ1v) is 11.8. The Morgan fingerprint density at radius 1 is 1.04 bits per heavy atom. The molecule has 0 N–H and O–H groups in total. The summed E-state index contributed by atoms with van der Waals surface area (Å²) in [5.74, 6) is 4.76. The van der Waals surface area contributed by atoms with E-state index in [0.29, 0.717) is 15.7 Å². The second-order valence-corrected chi connectivity index (χ2v) is 9.13. The molecule has 5 nitrogen and oxygen atoms in total. The Labute approximate surface area is 176 Å². The summed E-state index contributed by atoms with van der Waals surface area (Å²) in [6.07, 6.45) is 1.61. The van der Waals surface area contributed by atoms with Crippen LogP contribution in [0.4, 0.5) is 5.88 Å². The van der Waals surface area contributed by atoms with Crippen molar-refractivity contribution in [1.29, 1.82) is 0 Å². The lowest BCUT2D eigenvalue weighted by molar-refractivity contribution is 0.218. The van der Waals surface area contributed by atoms with Crippen molar-refractivity contribution in [3.63, 3.8) is 0 Å². The van der Waals surface area contributed by atoms with Crippen LogP contribution in [0, 0.1) is 4.51 Å². The van der Waals surface area contributed by atoms with Crippen molar-refractivity contribution >= 4 is 68.7 Å². The molecule has 26 heavy (non-hydrogen) atoms. The lowest BCUT2D eigenvalue weighted by atomic mass is 10.4. The summed E-state index contributed by atoms with van der Waals surface area (Å²) < 4.78 is 23.2. The van der Waals surface area contributed by atoms with Crippen LogP contribution in [0.3, 0.4) is 0 Å². The minimum Gasteiger partial charge on any atom is -0.458 e. The second-order valence-electron chi connectivity index (χ2n) is 5.39. The van der Waals surface area contributed by atoms with E-state index in [-0.39, 0.29) is 0 Å². The molecule has 0 radical (unpaired) electrons. The zero-order valence-electron chi connectivity index (χ0n) is 15.0. The maximum absolute atomic E-state index is 6.08. The van der Waals surface area contributed by atoms with Gasteiger partial charge in [-0.3, -0.25) is 0 Å². The monoisotopic (exact) mass is 481 g/mol. The standard InChI is InChI=1S/C17H24BrNO4S3/c1-20-5-9-25-7-3-19(4-8-26-10-6-21-2)15-11-14(24)17-16(23-15)13(18)12-22-17/h11-12H,3-10H2,1-2H3. The Hall–Kier alpha value is -0.190. The van der Waals surface area contributed by atoms with Gasteiger partial charge in [0, 0.05) is 56.4 Å². The number of nitrogens with zero attached hydrogens (tertiary/aromatic N) is 1. The van der Waals surface area contributed by atoms with Crippen molar-refractivity contribution in [1.82, 2.24) is 0 Å². The van der Waals surface area contributed by atoms with Gasteiger partial charge in [0.05, 0.1) is 22.2 Å². The molecule has 9 heteroatoms. The summed E-state index contributed by atoms with van der Waals surface area (Å²) in [5, 5.41) is 0. The van der Waals surface area contributed by atoms with E-state index in [1.54, 1.807) is 20.5 Å². The number of hydrogen-bond acceptors (Lipinski definition) is 8. The molecule has 0 aliphatic carbocycles. The van der Waals surface area contributed by atoms with E-state index in [4.69, 9.17) is 30.5 Å². The summed E-state index contributed by atoms with van der Waals surface area (Å²) in [7, 11) is 3.46. The number of thioether (sulfide) groups is 2. The number of methoxy groups -OCH3 is 2. The highest BCUT2D eigenvalue weighted by atomic mass is 79.9. The van der Waals surface area contributed by atoms with E-state index in [0.717, 1.165) is 59.7 Å². The van der Waals surface area contributed by atoms with E-state index in [1.807, 2.05) is 29.6 Å². The van der Waals surface area contributed by atoms with Gasteiger partial charge in [-0.15, -0.1) is 0 Å². The van der Waals surface area contributed by atoms with Gasteiger partial charge in [-0.05, 0) is 15.9 Å². The van der Waals surface area contributed by atoms with Gasteiger partial charge >= 0.3 is 0 Å². The minimum absolute atomic E-state index is 0.611. The Morgan fingerprint density at radius 3 is 2.23 bits per heavy atom. The molecule has 0 unspecified atom stereocenters. The molecule has 2 rings (SSSR count). The van der Waals surface area contributed by atoms with E-state index < -0.39 is 0 Å². The normalized spacial score (nSPS) is 11.3. The fraction of sp³-hybridized carbons (Fsp3) is 0.588. The topological polar surface area (TPSA) is 48.0 Å². The average molecular weight is 482 g/mol.